The number of hydrazone groups is 1. The van der Waals surface area contributed by atoms with Crippen molar-refractivity contribution in [1.82, 2.24) is 15.6 Å². The molecule has 0 aliphatic heterocycles. The second-order valence-electron chi connectivity index (χ2n) is 5.21. The van der Waals surface area contributed by atoms with Crippen molar-refractivity contribution >= 4 is 51.2 Å². The van der Waals surface area contributed by atoms with Crippen molar-refractivity contribution < 1.29 is 9.53 Å². The molecule has 0 fully saturated rings. The number of halogens is 1. The number of thioether (sulfide) groups is 1. The number of nitrogens with zero attached hydrogens (tertiary/aromatic N) is 3. The Kier molecular flexibility index (Phi) is 6.97. The monoisotopic (exact) mass is 462 g/mol. The van der Waals surface area contributed by atoms with Gasteiger partial charge in [-0.05, 0) is 39.7 Å². The van der Waals surface area contributed by atoms with Gasteiger partial charge in [0.15, 0.2) is 4.34 Å². The molecule has 0 bridgehead atoms. The van der Waals surface area contributed by atoms with E-state index in [9.17, 15) is 4.79 Å². The van der Waals surface area contributed by atoms with Gasteiger partial charge in [0.25, 0.3) is 5.91 Å². The van der Waals surface area contributed by atoms with E-state index in [4.69, 9.17) is 4.74 Å². The fourth-order valence-electron chi connectivity index (χ4n) is 2.07. The van der Waals surface area contributed by atoms with Crippen LogP contribution in [0.5, 0.6) is 5.75 Å². The zero-order valence-corrected chi connectivity index (χ0v) is 17.5. The van der Waals surface area contributed by atoms with Crippen LogP contribution in [0.3, 0.4) is 0 Å². The minimum absolute atomic E-state index is 0.208. The number of ether oxygens (including phenoxy) is 1. The molecule has 2 aromatic carbocycles. The second-order valence-corrected chi connectivity index (χ2v) is 8.27. The first-order valence-corrected chi connectivity index (χ1v) is 10.4. The minimum Gasteiger partial charge on any atom is -0.496 e. The highest BCUT2D eigenvalue weighted by Gasteiger charge is 2.09. The molecule has 1 aromatic heterocycles. The van der Waals surface area contributed by atoms with E-state index < -0.39 is 0 Å². The lowest BCUT2D eigenvalue weighted by Gasteiger charge is -2.03. The minimum atomic E-state index is -0.208. The third-order valence-corrected chi connectivity index (χ3v) is 6.06. The van der Waals surface area contributed by atoms with Crippen LogP contribution in [-0.2, 0) is 4.79 Å². The number of rotatable bonds is 7. The van der Waals surface area contributed by atoms with E-state index in [1.165, 1.54) is 23.1 Å². The van der Waals surface area contributed by atoms with E-state index in [0.717, 1.165) is 30.7 Å². The number of carbonyl (C=O) groups is 1. The highest BCUT2D eigenvalue weighted by molar-refractivity contribution is 9.10. The molecule has 1 N–H and O–H groups in total. The number of amides is 1. The third-order valence-electron chi connectivity index (χ3n) is 3.33. The Morgan fingerprint density at radius 3 is 2.85 bits per heavy atom. The predicted molar refractivity (Wildman–Crippen MR) is 112 cm³/mol. The van der Waals surface area contributed by atoms with Gasteiger partial charge in [0.05, 0.1) is 23.5 Å². The van der Waals surface area contributed by atoms with Gasteiger partial charge >= 0.3 is 0 Å². The number of carbonyl (C=O) groups excluding carboxylic acids is 1. The Morgan fingerprint density at radius 2 is 2.11 bits per heavy atom. The number of nitrogens with one attached hydrogen (secondary N) is 1. The summed E-state index contributed by atoms with van der Waals surface area (Å²) in [6, 6.07) is 15.4. The van der Waals surface area contributed by atoms with Gasteiger partial charge in [0, 0.05) is 5.56 Å². The quantitative estimate of drug-likeness (QED) is 0.323. The van der Waals surface area contributed by atoms with E-state index in [1.54, 1.807) is 13.3 Å². The van der Waals surface area contributed by atoms with Gasteiger partial charge in [0.2, 0.25) is 0 Å². The molecule has 0 aliphatic carbocycles. The fraction of sp³-hybridized carbons (Fsp3) is 0.111. The van der Waals surface area contributed by atoms with Gasteiger partial charge < -0.3 is 4.74 Å². The van der Waals surface area contributed by atoms with Crippen LogP contribution in [0.15, 0.2) is 62.4 Å². The number of benzene rings is 2. The van der Waals surface area contributed by atoms with Crippen molar-refractivity contribution in [2.75, 3.05) is 12.9 Å². The predicted octanol–water partition coefficient (Wildman–Crippen LogP) is 4.22. The van der Waals surface area contributed by atoms with Gasteiger partial charge in [-0.1, -0.05) is 53.4 Å². The van der Waals surface area contributed by atoms with Gasteiger partial charge in [0.1, 0.15) is 10.8 Å². The van der Waals surface area contributed by atoms with Crippen LogP contribution in [0.4, 0.5) is 0 Å². The Hall–Kier alpha value is -2.23. The fourth-order valence-corrected chi connectivity index (χ4v) is 4.27. The lowest BCUT2D eigenvalue weighted by atomic mass is 10.2. The molecule has 1 amide bonds. The summed E-state index contributed by atoms with van der Waals surface area (Å²) in [5.74, 6) is 0.743. The molecule has 0 saturated heterocycles. The summed E-state index contributed by atoms with van der Waals surface area (Å²) in [4.78, 5) is 11.9. The van der Waals surface area contributed by atoms with E-state index in [-0.39, 0.29) is 11.7 Å². The largest absolute Gasteiger partial charge is 0.496 e. The van der Waals surface area contributed by atoms with E-state index in [2.05, 4.69) is 36.7 Å². The Morgan fingerprint density at radius 1 is 1.30 bits per heavy atom. The van der Waals surface area contributed by atoms with Crippen LogP contribution >= 0.6 is 39.0 Å². The molecule has 0 aliphatic rings. The molecule has 0 saturated carbocycles. The van der Waals surface area contributed by atoms with Crippen LogP contribution in [-0.4, -0.2) is 35.2 Å². The standard InChI is InChI=1S/C18H15BrN4O2S2/c1-25-15-8-7-12(9-14(15)19)10-20-21-16(24)11-26-18-23-22-17(27-18)13-5-3-2-4-6-13/h2-10H,11H2,1H3,(H,21,24). The van der Waals surface area contributed by atoms with Crippen molar-refractivity contribution in [3.05, 3.63) is 58.6 Å². The molecular formula is C18H15BrN4O2S2. The molecule has 27 heavy (non-hydrogen) atoms. The maximum absolute atomic E-state index is 11.9. The molecular weight excluding hydrogens is 448 g/mol. The zero-order chi connectivity index (χ0) is 19.1. The molecule has 138 valence electrons. The van der Waals surface area contributed by atoms with E-state index in [1.807, 2.05) is 48.5 Å². The van der Waals surface area contributed by atoms with Crippen LogP contribution in [0, 0.1) is 0 Å². The zero-order valence-electron chi connectivity index (χ0n) is 14.3. The molecule has 1 heterocycles. The Bertz CT molecular complexity index is 948. The number of methoxy groups -OCH3 is 1. The van der Waals surface area contributed by atoms with E-state index in [0.29, 0.717) is 0 Å². The summed E-state index contributed by atoms with van der Waals surface area (Å²) in [6.45, 7) is 0. The van der Waals surface area contributed by atoms with Gasteiger partial charge in [-0.3, -0.25) is 4.79 Å². The van der Waals surface area contributed by atoms with E-state index >= 15 is 0 Å². The molecule has 9 heteroatoms. The van der Waals surface area contributed by atoms with Crippen LogP contribution < -0.4 is 10.2 Å². The first-order valence-electron chi connectivity index (χ1n) is 7.83. The maximum atomic E-state index is 11.9. The molecule has 0 spiro atoms. The van der Waals surface area contributed by atoms with Crippen molar-refractivity contribution in [3.63, 3.8) is 0 Å². The summed E-state index contributed by atoms with van der Waals surface area (Å²) in [5, 5.41) is 13.1. The van der Waals surface area contributed by atoms with Crippen molar-refractivity contribution in [1.29, 1.82) is 0 Å². The van der Waals surface area contributed by atoms with Gasteiger partial charge in [-0.15, -0.1) is 10.2 Å². The van der Waals surface area contributed by atoms with Crippen LogP contribution in [0.2, 0.25) is 0 Å². The first-order chi connectivity index (χ1) is 13.2. The molecule has 0 radical (unpaired) electrons. The lowest BCUT2D eigenvalue weighted by molar-refractivity contribution is -0.118. The highest BCUT2D eigenvalue weighted by atomic mass is 79.9. The molecule has 0 unspecified atom stereocenters. The average Bonchev–Trinajstić information content (AvgIpc) is 3.16. The normalized spacial score (nSPS) is 10.9. The number of aromatic nitrogens is 2. The maximum Gasteiger partial charge on any atom is 0.250 e. The Labute approximate surface area is 173 Å². The third kappa shape index (κ3) is 5.62. The number of hydrogen-bond donors (Lipinski definition) is 1. The topological polar surface area (TPSA) is 76.5 Å². The summed E-state index contributed by atoms with van der Waals surface area (Å²) in [5.41, 5.74) is 4.36. The number of hydrogen-bond acceptors (Lipinski definition) is 7. The smallest absolute Gasteiger partial charge is 0.250 e. The van der Waals surface area contributed by atoms with Crippen molar-refractivity contribution in [3.8, 4) is 16.3 Å². The first kappa shape index (κ1) is 19.5. The van der Waals surface area contributed by atoms with Crippen molar-refractivity contribution in [2.45, 2.75) is 4.34 Å². The lowest BCUT2D eigenvalue weighted by Crippen LogP contribution is -2.19. The van der Waals surface area contributed by atoms with Crippen LogP contribution in [0.1, 0.15) is 5.56 Å². The van der Waals surface area contributed by atoms with Gasteiger partial charge in [-0.2, -0.15) is 5.10 Å². The molecule has 6 nitrogen and oxygen atoms in total. The average molecular weight is 463 g/mol. The summed E-state index contributed by atoms with van der Waals surface area (Å²) in [6.07, 6.45) is 1.57. The molecule has 3 rings (SSSR count). The second kappa shape index (κ2) is 9.63. The Balaban J connectivity index is 1.49. The molecule has 3 aromatic rings. The van der Waals surface area contributed by atoms with Crippen molar-refractivity contribution in [2.24, 2.45) is 5.10 Å². The molecule has 0 atom stereocenters. The summed E-state index contributed by atoms with van der Waals surface area (Å²) >= 11 is 6.20. The summed E-state index contributed by atoms with van der Waals surface area (Å²) < 4.78 is 6.74. The summed E-state index contributed by atoms with van der Waals surface area (Å²) in [7, 11) is 1.60. The van der Waals surface area contributed by atoms with Crippen LogP contribution in [0.25, 0.3) is 10.6 Å². The highest BCUT2D eigenvalue weighted by Crippen LogP contribution is 2.29. The van der Waals surface area contributed by atoms with Gasteiger partial charge in [-0.25, -0.2) is 5.43 Å². The SMILES string of the molecule is COc1ccc(C=NNC(=O)CSc2nnc(-c3ccccc3)s2)cc1Br.